The van der Waals surface area contributed by atoms with Crippen LogP contribution in [0.15, 0.2) is 0 Å². The maximum atomic E-state index is 12.4. The van der Waals surface area contributed by atoms with Gasteiger partial charge < -0.3 is 10.6 Å². The highest BCUT2D eigenvalue weighted by atomic mass is 16.2. The Balaban J connectivity index is 2.06. The fraction of sp³-hybridized carbons (Fsp3) is 0.933. The second kappa shape index (κ2) is 4.52. The Morgan fingerprint density at radius 3 is 2.67 bits per heavy atom. The molecule has 1 saturated carbocycles. The van der Waals surface area contributed by atoms with Crippen molar-refractivity contribution in [3.05, 3.63) is 0 Å². The third-order valence-electron chi connectivity index (χ3n) is 4.70. The van der Waals surface area contributed by atoms with Crippen molar-refractivity contribution >= 4 is 5.91 Å². The van der Waals surface area contributed by atoms with E-state index in [2.05, 4.69) is 25.7 Å². The van der Waals surface area contributed by atoms with Gasteiger partial charge in [0.1, 0.15) is 0 Å². The molecule has 2 rings (SSSR count). The monoisotopic (exact) mass is 252 g/mol. The minimum atomic E-state index is 0.0266. The molecule has 1 amide bonds. The van der Waals surface area contributed by atoms with Gasteiger partial charge in [-0.1, -0.05) is 27.7 Å². The molecule has 0 aromatic rings. The topological polar surface area (TPSA) is 46.3 Å². The van der Waals surface area contributed by atoms with E-state index in [0.717, 1.165) is 19.4 Å². The van der Waals surface area contributed by atoms with Crippen molar-refractivity contribution in [3.63, 3.8) is 0 Å². The van der Waals surface area contributed by atoms with Crippen LogP contribution in [0.4, 0.5) is 0 Å². The number of nitrogens with zero attached hydrogens (tertiary/aromatic N) is 1. The summed E-state index contributed by atoms with van der Waals surface area (Å²) in [4.78, 5) is 14.5. The standard InChI is InChI=1S/C15H28N2O/c1-5-11(16)6-13(18)17-10-15(4)8-12(17)7-14(2,3)9-15/h11-12H,5-10,16H2,1-4H3. The summed E-state index contributed by atoms with van der Waals surface area (Å²) in [7, 11) is 0. The molecule has 0 radical (unpaired) electrons. The van der Waals surface area contributed by atoms with Crippen molar-refractivity contribution in [2.24, 2.45) is 16.6 Å². The van der Waals surface area contributed by atoms with Crippen LogP contribution in [0.25, 0.3) is 0 Å². The summed E-state index contributed by atoms with van der Waals surface area (Å²) in [5.74, 6) is 0.274. The van der Waals surface area contributed by atoms with Crippen LogP contribution in [-0.2, 0) is 4.79 Å². The lowest BCUT2D eigenvalue weighted by Crippen LogP contribution is -2.40. The summed E-state index contributed by atoms with van der Waals surface area (Å²) in [5.41, 5.74) is 6.62. The number of hydrogen-bond donors (Lipinski definition) is 1. The third kappa shape index (κ3) is 2.71. The first kappa shape index (κ1) is 13.9. The number of carbonyl (C=O) groups excluding carboxylic acids is 1. The molecule has 3 unspecified atom stereocenters. The van der Waals surface area contributed by atoms with Gasteiger partial charge in [-0.15, -0.1) is 0 Å². The van der Waals surface area contributed by atoms with E-state index in [4.69, 9.17) is 5.73 Å². The van der Waals surface area contributed by atoms with Crippen LogP contribution in [-0.4, -0.2) is 29.4 Å². The van der Waals surface area contributed by atoms with E-state index in [0.29, 0.717) is 23.3 Å². The highest BCUT2D eigenvalue weighted by molar-refractivity contribution is 5.77. The van der Waals surface area contributed by atoms with Crippen molar-refractivity contribution in [1.82, 2.24) is 4.90 Å². The predicted octanol–water partition coefficient (Wildman–Crippen LogP) is 2.54. The van der Waals surface area contributed by atoms with Gasteiger partial charge in [-0.25, -0.2) is 0 Å². The summed E-state index contributed by atoms with van der Waals surface area (Å²) in [5, 5.41) is 0. The molecule has 0 spiro atoms. The van der Waals surface area contributed by atoms with E-state index >= 15 is 0 Å². The molecule has 3 atom stereocenters. The smallest absolute Gasteiger partial charge is 0.224 e. The second-order valence-electron chi connectivity index (χ2n) is 7.61. The summed E-state index contributed by atoms with van der Waals surface area (Å²) in [6.45, 7) is 10.0. The second-order valence-corrected chi connectivity index (χ2v) is 7.61. The first-order valence-electron chi connectivity index (χ1n) is 7.30. The van der Waals surface area contributed by atoms with E-state index in [1.807, 2.05) is 6.92 Å². The van der Waals surface area contributed by atoms with E-state index in [1.165, 1.54) is 12.8 Å². The molecule has 1 saturated heterocycles. The molecule has 1 aliphatic heterocycles. The Morgan fingerprint density at radius 1 is 1.39 bits per heavy atom. The van der Waals surface area contributed by atoms with Crippen molar-refractivity contribution in [3.8, 4) is 0 Å². The average molecular weight is 252 g/mol. The maximum absolute atomic E-state index is 12.4. The van der Waals surface area contributed by atoms with Crippen LogP contribution in [0.3, 0.4) is 0 Å². The van der Waals surface area contributed by atoms with Crippen LogP contribution >= 0.6 is 0 Å². The largest absolute Gasteiger partial charge is 0.339 e. The molecule has 1 aliphatic carbocycles. The first-order valence-corrected chi connectivity index (χ1v) is 7.30. The van der Waals surface area contributed by atoms with Gasteiger partial charge in [0.05, 0.1) is 0 Å². The zero-order valence-corrected chi connectivity index (χ0v) is 12.3. The van der Waals surface area contributed by atoms with Gasteiger partial charge in [0.15, 0.2) is 0 Å². The van der Waals surface area contributed by atoms with Crippen LogP contribution in [0.1, 0.15) is 59.8 Å². The van der Waals surface area contributed by atoms with E-state index in [1.54, 1.807) is 0 Å². The van der Waals surface area contributed by atoms with Gasteiger partial charge in [0, 0.05) is 25.0 Å². The summed E-state index contributed by atoms with van der Waals surface area (Å²) in [6, 6.07) is 0.481. The molecule has 104 valence electrons. The molecular weight excluding hydrogens is 224 g/mol. The molecule has 2 aliphatic rings. The lowest BCUT2D eigenvalue weighted by Gasteiger charge is -2.39. The highest BCUT2D eigenvalue weighted by Gasteiger charge is 2.50. The highest BCUT2D eigenvalue weighted by Crippen LogP contribution is 2.52. The molecule has 0 aromatic heterocycles. The Kier molecular flexibility index (Phi) is 3.48. The molecular formula is C15H28N2O. The van der Waals surface area contributed by atoms with E-state index in [9.17, 15) is 4.79 Å². The number of likely N-dealkylation sites (tertiary alicyclic amines) is 1. The Labute approximate surface area is 111 Å². The van der Waals surface area contributed by atoms with E-state index < -0.39 is 0 Å². The molecule has 2 fully saturated rings. The Bertz CT molecular complexity index is 339. The molecule has 2 bridgehead atoms. The lowest BCUT2D eigenvalue weighted by atomic mass is 9.65. The van der Waals surface area contributed by atoms with Gasteiger partial charge in [0.2, 0.25) is 5.91 Å². The summed E-state index contributed by atoms with van der Waals surface area (Å²) < 4.78 is 0. The zero-order chi connectivity index (χ0) is 13.6. The van der Waals surface area contributed by atoms with Gasteiger partial charge in [-0.2, -0.15) is 0 Å². The number of fused-ring (bicyclic) bond motifs is 2. The van der Waals surface area contributed by atoms with Crippen molar-refractivity contribution < 1.29 is 4.79 Å². The predicted molar refractivity (Wildman–Crippen MR) is 74.1 cm³/mol. The van der Waals surface area contributed by atoms with Crippen LogP contribution in [0.5, 0.6) is 0 Å². The Morgan fingerprint density at radius 2 is 2.06 bits per heavy atom. The van der Waals surface area contributed by atoms with Crippen LogP contribution in [0.2, 0.25) is 0 Å². The summed E-state index contributed by atoms with van der Waals surface area (Å²) in [6.07, 6.45) is 4.97. The fourth-order valence-corrected chi connectivity index (χ4v) is 4.24. The number of nitrogens with two attached hydrogens (primary N) is 1. The zero-order valence-electron chi connectivity index (χ0n) is 12.3. The number of carbonyl (C=O) groups is 1. The van der Waals surface area contributed by atoms with Crippen LogP contribution < -0.4 is 5.73 Å². The Hall–Kier alpha value is -0.570. The van der Waals surface area contributed by atoms with Gasteiger partial charge in [-0.05, 0) is 36.5 Å². The SMILES string of the molecule is CCC(N)CC(=O)N1CC2(C)CC1CC(C)(C)C2. The molecule has 1 heterocycles. The summed E-state index contributed by atoms with van der Waals surface area (Å²) >= 11 is 0. The van der Waals surface area contributed by atoms with Crippen molar-refractivity contribution in [1.29, 1.82) is 0 Å². The number of amides is 1. The van der Waals surface area contributed by atoms with E-state index in [-0.39, 0.29) is 11.9 Å². The minimum Gasteiger partial charge on any atom is -0.339 e. The fourth-order valence-electron chi connectivity index (χ4n) is 4.24. The first-order chi connectivity index (χ1) is 8.25. The maximum Gasteiger partial charge on any atom is 0.224 e. The minimum absolute atomic E-state index is 0.0266. The normalized spacial score (nSPS) is 35.6. The third-order valence-corrected chi connectivity index (χ3v) is 4.70. The van der Waals surface area contributed by atoms with Crippen LogP contribution in [0, 0.1) is 10.8 Å². The molecule has 18 heavy (non-hydrogen) atoms. The van der Waals surface area contributed by atoms with Crippen molar-refractivity contribution in [2.75, 3.05) is 6.54 Å². The number of hydrogen-bond acceptors (Lipinski definition) is 2. The quantitative estimate of drug-likeness (QED) is 0.839. The van der Waals surface area contributed by atoms with Gasteiger partial charge in [0.25, 0.3) is 0 Å². The molecule has 2 N–H and O–H groups in total. The van der Waals surface area contributed by atoms with Gasteiger partial charge >= 0.3 is 0 Å². The lowest BCUT2D eigenvalue weighted by molar-refractivity contribution is -0.132. The average Bonchev–Trinajstić information content (AvgIpc) is 2.47. The van der Waals surface area contributed by atoms with Gasteiger partial charge in [-0.3, -0.25) is 4.79 Å². The van der Waals surface area contributed by atoms with Crippen molar-refractivity contribution in [2.45, 2.75) is 71.9 Å². The molecule has 0 aromatic carbocycles. The molecule has 3 nitrogen and oxygen atoms in total. The molecule has 3 heteroatoms. The number of rotatable bonds is 3.